The van der Waals surface area contributed by atoms with Crippen LogP contribution in [0.5, 0.6) is 0 Å². The topological polar surface area (TPSA) is 39.7 Å². The van der Waals surface area contributed by atoms with E-state index in [1.807, 2.05) is 7.11 Å². The van der Waals surface area contributed by atoms with E-state index in [0.29, 0.717) is 6.10 Å². The van der Waals surface area contributed by atoms with Crippen molar-refractivity contribution in [2.75, 3.05) is 40.5 Å². The number of methoxy groups -OCH3 is 2. The second kappa shape index (κ2) is 7.40. The van der Waals surface area contributed by atoms with Gasteiger partial charge in [-0.3, -0.25) is 0 Å². The molecule has 2 unspecified atom stereocenters. The lowest BCUT2D eigenvalue weighted by atomic mass is 9.73. The van der Waals surface area contributed by atoms with Gasteiger partial charge in [-0.25, -0.2) is 0 Å². The van der Waals surface area contributed by atoms with Crippen molar-refractivity contribution in [3.8, 4) is 0 Å². The van der Waals surface area contributed by atoms with Crippen LogP contribution in [-0.4, -0.2) is 52.2 Å². The van der Waals surface area contributed by atoms with Gasteiger partial charge in [-0.2, -0.15) is 0 Å². The van der Waals surface area contributed by atoms with Crippen molar-refractivity contribution in [2.24, 2.45) is 11.3 Å². The van der Waals surface area contributed by atoms with Gasteiger partial charge >= 0.3 is 0 Å². The highest BCUT2D eigenvalue weighted by molar-refractivity contribution is 5.01. The van der Waals surface area contributed by atoms with Crippen molar-refractivity contribution in [1.82, 2.24) is 5.32 Å². The fourth-order valence-corrected chi connectivity index (χ4v) is 3.45. The molecule has 0 radical (unpaired) electrons. The standard InChI is InChI=1S/C17H33NO3/c1-16(2,20-4)7-8-17(13-18-10-12-19-3)9-11-21-15(17)14-5-6-14/h14-15,18H,5-13H2,1-4H3. The summed E-state index contributed by atoms with van der Waals surface area (Å²) in [5.41, 5.74) is 0.237. The largest absolute Gasteiger partial charge is 0.383 e. The number of nitrogens with one attached hydrogen (secondary N) is 1. The van der Waals surface area contributed by atoms with E-state index >= 15 is 0 Å². The minimum absolute atomic E-state index is 0.0454. The third-order valence-corrected chi connectivity index (χ3v) is 5.29. The third-order valence-electron chi connectivity index (χ3n) is 5.29. The molecule has 0 aromatic carbocycles. The van der Waals surface area contributed by atoms with E-state index < -0.39 is 0 Å². The van der Waals surface area contributed by atoms with Gasteiger partial charge in [0.2, 0.25) is 0 Å². The second-order valence-corrected chi connectivity index (χ2v) is 7.37. The Morgan fingerprint density at radius 1 is 1.29 bits per heavy atom. The summed E-state index contributed by atoms with van der Waals surface area (Å²) in [4.78, 5) is 0. The van der Waals surface area contributed by atoms with E-state index in [2.05, 4.69) is 19.2 Å². The van der Waals surface area contributed by atoms with Crippen LogP contribution in [-0.2, 0) is 14.2 Å². The van der Waals surface area contributed by atoms with E-state index in [4.69, 9.17) is 14.2 Å². The van der Waals surface area contributed by atoms with Crippen LogP contribution in [0.1, 0.15) is 46.0 Å². The van der Waals surface area contributed by atoms with Crippen LogP contribution < -0.4 is 5.32 Å². The molecular formula is C17H33NO3. The van der Waals surface area contributed by atoms with E-state index in [9.17, 15) is 0 Å². The fourth-order valence-electron chi connectivity index (χ4n) is 3.45. The number of hydrogen-bond acceptors (Lipinski definition) is 4. The van der Waals surface area contributed by atoms with Crippen LogP contribution >= 0.6 is 0 Å². The Bertz CT molecular complexity index is 317. The molecule has 2 fully saturated rings. The summed E-state index contributed by atoms with van der Waals surface area (Å²) >= 11 is 0. The molecule has 2 atom stereocenters. The van der Waals surface area contributed by atoms with Crippen LogP contribution in [0.4, 0.5) is 0 Å². The summed E-state index contributed by atoms with van der Waals surface area (Å²) in [6.45, 7) is 8.01. The molecule has 0 amide bonds. The quantitative estimate of drug-likeness (QED) is 0.630. The highest BCUT2D eigenvalue weighted by Crippen LogP contribution is 2.50. The molecule has 2 aliphatic rings. The molecule has 1 N–H and O–H groups in total. The van der Waals surface area contributed by atoms with E-state index in [1.165, 1.54) is 25.7 Å². The molecule has 2 rings (SSSR count). The van der Waals surface area contributed by atoms with Crippen LogP contribution in [0.15, 0.2) is 0 Å². The predicted molar refractivity (Wildman–Crippen MR) is 84.6 cm³/mol. The highest BCUT2D eigenvalue weighted by atomic mass is 16.5. The van der Waals surface area contributed by atoms with Gasteiger partial charge in [0, 0.05) is 39.3 Å². The monoisotopic (exact) mass is 299 g/mol. The van der Waals surface area contributed by atoms with Crippen molar-refractivity contribution in [3.05, 3.63) is 0 Å². The Morgan fingerprint density at radius 2 is 2.05 bits per heavy atom. The third kappa shape index (κ3) is 4.65. The lowest BCUT2D eigenvalue weighted by molar-refractivity contribution is -0.0163. The van der Waals surface area contributed by atoms with Gasteiger partial charge in [0.25, 0.3) is 0 Å². The van der Waals surface area contributed by atoms with E-state index in [-0.39, 0.29) is 11.0 Å². The normalized spacial score (nSPS) is 30.0. The average molecular weight is 299 g/mol. The van der Waals surface area contributed by atoms with Gasteiger partial charge in [0.1, 0.15) is 0 Å². The van der Waals surface area contributed by atoms with Gasteiger partial charge in [-0.05, 0) is 51.9 Å². The van der Waals surface area contributed by atoms with Crippen LogP contribution in [0.3, 0.4) is 0 Å². The molecule has 124 valence electrons. The van der Waals surface area contributed by atoms with Gasteiger partial charge in [-0.15, -0.1) is 0 Å². The Morgan fingerprint density at radius 3 is 2.67 bits per heavy atom. The molecule has 21 heavy (non-hydrogen) atoms. The SMILES string of the molecule is COCCNCC1(CCC(C)(C)OC)CCOC1C1CC1. The van der Waals surface area contributed by atoms with Gasteiger partial charge in [0.15, 0.2) is 0 Å². The molecule has 1 saturated heterocycles. The lowest BCUT2D eigenvalue weighted by Crippen LogP contribution is -2.44. The zero-order chi connectivity index (χ0) is 15.3. The maximum Gasteiger partial charge on any atom is 0.0672 e. The number of ether oxygens (including phenoxy) is 3. The Hall–Kier alpha value is -0.160. The zero-order valence-electron chi connectivity index (χ0n) is 14.2. The van der Waals surface area contributed by atoms with Crippen LogP contribution in [0.25, 0.3) is 0 Å². The molecule has 0 spiro atoms. The first-order chi connectivity index (χ1) is 10.0. The van der Waals surface area contributed by atoms with Crippen molar-refractivity contribution in [2.45, 2.75) is 57.7 Å². The molecule has 1 heterocycles. The Labute approximate surface area is 129 Å². The van der Waals surface area contributed by atoms with Gasteiger partial charge < -0.3 is 19.5 Å². The highest BCUT2D eigenvalue weighted by Gasteiger charge is 2.50. The molecule has 0 aromatic heterocycles. The number of hydrogen-bond donors (Lipinski definition) is 1. The maximum atomic E-state index is 6.14. The molecule has 1 aliphatic carbocycles. The van der Waals surface area contributed by atoms with Crippen LogP contribution in [0.2, 0.25) is 0 Å². The Kier molecular flexibility index (Phi) is 6.06. The average Bonchev–Trinajstić information content (AvgIpc) is 3.23. The number of rotatable bonds is 10. The molecular weight excluding hydrogens is 266 g/mol. The molecule has 4 heteroatoms. The predicted octanol–water partition coefficient (Wildman–Crippen LogP) is 2.61. The summed E-state index contributed by atoms with van der Waals surface area (Å²) in [6, 6.07) is 0. The summed E-state index contributed by atoms with van der Waals surface area (Å²) in [5.74, 6) is 0.794. The Balaban J connectivity index is 1.95. The molecule has 0 aromatic rings. The fraction of sp³-hybridized carbons (Fsp3) is 1.00. The van der Waals surface area contributed by atoms with Crippen molar-refractivity contribution in [3.63, 3.8) is 0 Å². The molecule has 1 aliphatic heterocycles. The first-order valence-corrected chi connectivity index (χ1v) is 8.39. The van der Waals surface area contributed by atoms with Gasteiger partial charge in [-0.1, -0.05) is 0 Å². The molecule has 4 nitrogen and oxygen atoms in total. The van der Waals surface area contributed by atoms with Gasteiger partial charge in [0.05, 0.1) is 18.3 Å². The summed E-state index contributed by atoms with van der Waals surface area (Å²) in [5, 5.41) is 3.59. The molecule has 1 saturated carbocycles. The van der Waals surface area contributed by atoms with Crippen molar-refractivity contribution >= 4 is 0 Å². The summed E-state index contributed by atoms with van der Waals surface area (Å²) in [7, 11) is 3.57. The van der Waals surface area contributed by atoms with E-state index in [0.717, 1.165) is 38.6 Å². The van der Waals surface area contributed by atoms with Crippen LogP contribution in [0, 0.1) is 11.3 Å². The van der Waals surface area contributed by atoms with E-state index in [1.54, 1.807) is 7.11 Å². The lowest BCUT2D eigenvalue weighted by Gasteiger charge is -2.37. The smallest absolute Gasteiger partial charge is 0.0672 e. The first-order valence-electron chi connectivity index (χ1n) is 8.39. The minimum atomic E-state index is -0.0454. The summed E-state index contributed by atoms with van der Waals surface area (Å²) in [6.07, 6.45) is 6.57. The first kappa shape index (κ1) is 17.2. The summed E-state index contributed by atoms with van der Waals surface area (Å²) < 4.78 is 16.9. The second-order valence-electron chi connectivity index (χ2n) is 7.37. The zero-order valence-corrected chi connectivity index (χ0v) is 14.2. The maximum absolute atomic E-state index is 6.14. The van der Waals surface area contributed by atoms with Crippen molar-refractivity contribution in [1.29, 1.82) is 0 Å². The molecule has 0 bridgehead atoms. The van der Waals surface area contributed by atoms with Crippen molar-refractivity contribution < 1.29 is 14.2 Å². The minimum Gasteiger partial charge on any atom is -0.383 e.